The average molecular weight is 366 g/mol. The van der Waals surface area contributed by atoms with E-state index in [1.807, 2.05) is 37.3 Å². The van der Waals surface area contributed by atoms with E-state index in [1.54, 1.807) is 42.5 Å². The van der Waals surface area contributed by atoms with Gasteiger partial charge in [0, 0.05) is 11.8 Å². The smallest absolute Gasteiger partial charge is 0.239 e. The van der Waals surface area contributed by atoms with Crippen molar-refractivity contribution in [1.29, 1.82) is 0 Å². The first kappa shape index (κ1) is 18.3. The maximum Gasteiger partial charge on any atom is 0.239 e. The largest absolute Gasteiger partial charge is 0.497 e. The highest BCUT2D eigenvalue weighted by Crippen LogP contribution is 2.26. The molecule has 0 radical (unpaired) electrons. The summed E-state index contributed by atoms with van der Waals surface area (Å²) in [5.41, 5.74) is 7.51. The number of para-hydroxylation sites is 1. The van der Waals surface area contributed by atoms with E-state index in [0.29, 0.717) is 23.9 Å². The first-order valence-corrected chi connectivity index (χ1v) is 8.61. The number of rotatable bonds is 6. The van der Waals surface area contributed by atoms with Gasteiger partial charge in [-0.05, 0) is 37.3 Å². The zero-order valence-corrected chi connectivity index (χ0v) is 15.3. The van der Waals surface area contributed by atoms with Crippen LogP contribution in [0.1, 0.15) is 6.92 Å². The standard InChI is InChI=1S/C20H22N4O3/c1-3-27-18-13-17(19(21)23-24(18)15-9-5-4-6-10-15)20(25)22-14-8-7-11-16(12-14)26-2/h4-13,17H,3H2,1-2H3,(H2,21,23)(H,22,25). The zero-order valence-electron chi connectivity index (χ0n) is 15.3. The van der Waals surface area contributed by atoms with E-state index in [9.17, 15) is 4.79 Å². The lowest BCUT2D eigenvalue weighted by atomic mass is 10.1. The Hall–Kier alpha value is -3.48. The highest BCUT2D eigenvalue weighted by atomic mass is 16.5. The Morgan fingerprint density at radius 1 is 1.22 bits per heavy atom. The summed E-state index contributed by atoms with van der Waals surface area (Å²) in [5, 5.41) is 8.81. The van der Waals surface area contributed by atoms with Crippen molar-refractivity contribution in [2.24, 2.45) is 16.8 Å². The molecule has 1 aliphatic rings. The van der Waals surface area contributed by atoms with Crippen LogP contribution in [0.5, 0.6) is 5.75 Å². The molecule has 140 valence electrons. The van der Waals surface area contributed by atoms with Crippen molar-refractivity contribution in [1.82, 2.24) is 0 Å². The Balaban J connectivity index is 1.84. The summed E-state index contributed by atoms with van der Waals surface area (Å²) in [5.74, 6) is 0.261. The van der Waals surface area contributed by atoms with Gasteiger partial charge in [-0.3, -0.25) is 4.79 Å². The Labute approximate surface area is 158 Å². The van der Waals surface area contributed by atoms with Crippen molar-refractivity contribution >= 4 is 23.1 Å². The van der Waals surface area contributed by atoms with Crippen LogP contribution in [0, 0.1) is 5.92 Å². The molecule has 3 rings (SSSR count). The van der Waals surface area contributed by atoms with Crippen LogP contribution in [-0.4, -0.2) is 25.5 Å². The number of hydrogen-bond donors (Lipinski definition) is 2. The number of amides is 1. The molecule has 1 aliphatic heterocycles. The fourth-order valence-electron chi connectivity index (χ4n) is 2.67. The number of carbonyl (C=O) groups is 1. The predicted molar refractivity (Wildman–Crippen MR) is 105 cm³/mol. The zero-order chi connectivity index (χ0) is 19.2. The Morgan fingerprint density at radius 3 is 2.70 bits per heavy atom. The van der Waals surface area contributed by atoms with Gasteiger partial charge in [0.05, 0.1) is 19.4 Å². The van der Waals surface area contributed by atoms with Crippen molar-refractivity contribution < 1.29 is 14.3 Å². The lowest BCUT2D eigenvalue weighted by molar-refractivity contribution is -0.117. The quantitative estimate of drug-likeness (QED) is 0.820. The monoisotopic (exact) mass is 366 g/mol. The predicted octanol–water partition coefficient (Wildman–Crippen LogP) is 2.92. The number of nitrogens with two attached hydrogens (primary N) is 1. The molecule has 0 saturated heterocycles. The molecule has 0 saturated carbocycles. The number of anilines is 2. The van der Waals surface area contributed by atoms with Crippen LogP contribution in [-0.2, 0) is 9.53 Å². The normalized spacial score (nSPS) is 16.2. The molecule has 1 atom stereocenters. The van der Waals surface area contributed by atoms with Gasteiger partial charge < -0.3 is 20.5 Å². The fourth-order valence-corrected chi connectivity index (χ4v) is 2.67. The summed E-state index contributed by atoms with van der Waals surface area (Å²) in [6.07, 6.45) is 1.67. The second-order valence-electron chi connectivity index (χ2n) is 5.81. The highest BCUT2D eigenvalue weighted by Gasteiger charge is 2.29. The number of amidine groups is 1. The summed E-state index contributed by atoms with van der Waals surface area (Å²) in [6.45, 7) is 2.31. The molecule has 1 unspecified atom stereocenters. The second-order valence-corrected chi connectivity index (χ2v) is 5.81. The number of carbonyl (C=O) groups excluding carboxylic acids is 1. The SMILES string of the molecule is CCOC1=CC(C(=O)Nc2cccc(OC)c2)C(N)=NN1c1ccccc1. The van der Waals surface area contributed by atoms with E-state index in [0.717, 1.165) is 5.69 Å². The van der Waals surface area contributed by atoms with E-state index in [4.69, 9.17) is 15.2 Å². The summed E-state index contributed by atoms with van der Waals surface area (Å²) in [4.78, 5) is 12.7. The molecule has 7 nitrogen and oxygen atoms in total. The number of ether oxygens (including phenoxy) is 2. The van der Waals surface area contributed by atoms with Crippen LogP contribution in [0.4, 0.5) is 11.4 Å². The molecule has 1 amide bonds. The summed E-state index contributed by atoms with van der Waals surface area (Å²) in [7, 11) is 1.57. The van der Waals surface area contributed by atoms with Gasteiger partial charge in [-0.2, -0.15) is 10.1 Å². The highest BCUT2D eigenvalue weighted by molar-refractivity contribution is 6.10. The van der Waals surface area contributed by atoms with Gasteiger partial charge in [-0.15, -0.1) is 0 Å². The lowest BCUT2D eigenvalue weighted by Gasteiger charge is -2.28. The molecule has 0 aliphatic carbocycles. The molecule has 0 fully saturated rings. The van der Waals surface area contributed by atoms with Crippen molar-refractivity contribution in [3.63, 3.8) is 0 Å². The minimum atomic E-state index is -0.738. The van der Waals surface area contributed by atoms with Gasteiger partial charge in [0.1, 0.15) is 17.5 Å². The first-order chi connectivity index (χ1) is 13.1. The molecular formula is C20H22N4O3. The number of nitrogens with one attached hydrogen (secondary N) is 1. The number of hydrogen-bond acceptors (Lipinski definition) is 6. The molecule has 0 aromatic heterocycles. The van der Waals surface area contributed by atoms with Crippen LogP contribution in [0.2, 0.25) is 0 Å². The topological polar surface area (TPSA) is 89.2 Å². The van der Waals surface area contributed by atoms with Crippen molar-refractivity contribution in [3.8, 4) is 5.75 Å². The molecule has 0 bridgehead atoms. The third-order valence-corrected chi connectivity index (χ3v) is 3.96. The third-order valence-electron chi connectivity index (χ3n) is 3.96. The minimum Gasteiger partial charge on any atom is -0.497 e. The first-order valence-electron chi connectivity index (χ1n) is 8.61. The number of hydrazone groups is 1. The molecule has 2 aromatic rings. The summed E-state index contributed by atoms with van der Waals surface area (Å²) >= 11 is 0. The molecule has 1 heterocycles. The van der Waals surface area contributed by atoms with Crippen LogP contribution in [0.3, 0.4) is 0 Å². The number of methoxy groups -OCH3 is 1. The van der Waals surface area contributed by atoms with Crippen LogP contribution >= 0.6 is 0 Å². The minimum absolute atomic E-state index is 0.183. The van der Waals surface area contributed by atoms with Crippen molar-refractivity contribution in [2.75, 3.05) is 24.0 Å². The summed E-state index contributed by atoms with van der Waals surface area (Å²) < 4.78 is 10.9. The Kier molecular flexibility index (Phi) is 5.61. The Morgan fingerprint density at radius 2 is 2.00 bits per heavy atom. The van der Waals surface area contributed by atoms with E-state index in [-0.39, 0.29) is 11.7 Å². The molecule has 0 spiro atoms. The molecular weight excluding hydrogens is 344 g/mol. The Bertz CT molecular complexity index is 865. The van der Waals surface area contributed by atoms with E-state index < -0.39 is 5.92 Å². The van der Waals surface area contributed by atoms with Gasteiger partial charge in [-0.25, -0.2) is 0 Å². The van der Waals surface area contributed by atoms with Crippen molar-refractivity contribution in [3.05, 3.63) is 66.6 Å². The van der Waals surface area contributed by atoms with Gasteiger partial charge in [-0.1, -0.05) is 24.3 Å². The molecule has 3 N–H and O–H groups in total. The average Bonchev–Trinajstić information content (AvgIpc) is 2.70. The van der Waals surface area contributed by atoms with Crippen LogP contribution in [0.15, 0.2) is 71.7 Å². The van der Waals surface area contributed by atoms with Gasteiger partial charge >= 0.3 is 0 Å². The van der Waals surface area contributed by atoms with E-state index in [1.165, 1.54) is 0 Å². The third kappa shape index (κ3) is 4.20. The van der Waals surface area contributed by atoms with Crippen LogP contribution in [0.25, 0.3) is 0 Å². The molecule has 2 aromatic carbocycles. The van der Waals surface area contributed by atoms with E-state index in [2.05, 4.69) is 10.4 Å². The number of nitrogens with zero attached hydrogens (tertiary/aromatic N) is 2. The fraction of sp³-hybridized carbons (Fsp3) is 0.200. The lowest BCUT2D eigenvalue weighted by Crippen LogP contribution is -2.40. The van der Waals surface area contributed by atoms with E-state index >= 15 is 0 Å². The van der Waals surface area contributed by atoms with Crippen LogP contribution < -0.4 is 20.8 Å². The molecule has 7 heteroatoms. The van der Waals surface area contributed by atoms with Gasteiger partial charge in [0.15, 0.2) is 0 Å². The van der Waals surface area contributed by atoms with Gasteiger partial charge in [0.2, 0.25) is 11.8 Å². The second kappa shape index (κ2) is 8.27. The maximum absolute atomic E-state index is 12.7. The van der Waals surface area contributed by atoms with Crippen molar-refractivity contribution in [2.45, 2.75) is 6.92 Å². The molecule has 27 heavy (non-hydrogen) atoms. The summed E-state index contributed by atoms with van der Waals surface area (Å²) in [6, 6.07) is 16.6. The van der Waals surface area contributed by atoms with Gasteiger partial charge in [0.25, 0.3) is 0 Å². The maximum atomic E-state index is 12.7. The number of benzene rings is 2.